The second-order valence-electron chi connectivity index (χ2n) is 7.59. The number of rotatable bonds is 9. The molecule has 1 amide bonds. The van der Waals surface area contributed by atoms with Gasteiger partial charge in [0, 0.05) is 11.6 Å². The molecule has 0 spiro atoms. The average Bonchev–Trinajstić information content (AvgIpc) is 2.76. The third-order valence-electron chi connectivity index (χ3n) is 5.21. The molecule has 0 fully saturated rings. The lowest BCUT2D eigenvalue weighted by Gasteiger charge is -2.20. The first kappa shape index (κ1) is 23.8. The number of halogens is 2. The molecule has 31 heavy (non-hydrogen) atoms. The van der Waals surface area contributed by atoms with Crippen LogP contribution in [0.5, 0.6) is 0 Å². The summed E-state index contributed by atoms with van der Waals surface area (Å²) in [7, 11) is -4.06. The molecule has 0 radical (unpaired) electrons. The molecule has 8 heteroatoms. The van der Waals surface area contributed by atoms with Crippen molar-refractivity contribution in [2.24, 2.45) is 0 Å². The minimum atomic E-state index is -4.06. The molecule has 1 atom stereocenters. The zero-order valence-electron chi connectivity index (χ0n) is 17.1. The van der Waals surface area contributed by atoms with Crippen molar-refractivity contribution in [2.45, 2.75) is 49.5 Å². The minimum absolute atomic E-state index is 0.0417. The Morgan fingerprint density at radius 1 is 1.06 bits per heavy atom. The summed E-state index contributed by atoms with van der Waals surface area (Å²) in [6.07, 6.45) is 7.76. The van der Waals surface area contributed by atoms with Crippen molar-refractivity contribution >= 4 is 39.1 Å². The molecule has 0 aliphatic heterocycles. The monoisotopic (exact) mass is 480 g/mol. The predicted octanol–water partition coefficient (Wildman–Crippen LogP) is 4.89. The Bertz CT molecular complexity index is 1040. The Hall–Kier alpha value is -1.86. The Morgan fingerprint density at radius 3 is 2.55 bits per heavy atom. The van der Waals surface area contributed by atoms with Gasteiger partial charge in [-0.15, -0.1) is 0 Å². The van der Waals surface area contributed by atoms with Crippen molar-refractivity contribution in [1.82, 2.24) is 10.0 Å². The summed E-state index contributed by atoms with van der Waals surface area (Å²) in [5, 5.41) is 3.17. The molecule has 1 aliphatic rings. The van der Waals surface area contributed by atoms with Crippen LogP contribution in [0.2, 0.25) is 10.0 Å². The number of nitrogens with one attached hydrogen (secondary N) is 2. The van der Waals surface area contributed by atoms with Crippen LogP contribution in [0, 0.1) is 0 Å². The highest BCUT2D eigenvalue weighted by molar-refractivity contribution is 7.89. The zero-order valence-corrected chi connectivity index (χ0v) is 19.4. The van der Waals surface area contributed by atoms with Crippen LogP contribution >= 0.6 is 23.2 Å². The summed E-state index contributed by atoms with van der Waals surface area (Å²) in [4.78, 5) is 12.8. The molecule has 1 aliphatic carbocycles. The average molecular weight is 481 g/mol. The molecule has 0 bridgehead atoms. The van der Waals surface area contributed by atoms with Crippen molar-refractivity contribution in [2.75, 3.05) is 6.54 Å². The van der Waals surface area contributed by atoms with E-state index in [0.29, 0.717) is 6.54 Å². The van der Waals surface area contributed by atoms with E-state index in [0.717, 1.165) is 24.8 Å². The van der Waals surface area contributed by atoms with Crippen molar-refractivity contribution in [1.29, 1.82) is 0 Å². The molecular formula is C23H26Cl2N2O3S. The number of hydrogen-bond donors (Lipinski definition) is 2. The van der Waals surface area contributed by atoms with Gasteiger partial charge in [-0.2, -0.15) is 4.72 Å². The SMILES string of the molecule is O=C(NCCC1=CCCCC1)[C@H](Cc1ccccc1)NS(=O)(=O)c1cc(Cl)ccc1Cl. The standard InChI is InChI=1S/C23H26Cl2N2O3S/c24-19-11-12-20(25)22(16-19)31(29,30)27-21(15-18-9-5-2-6-10-18)23(28)26-14-13-17-7-3-1-4-8-17/h2,5-7,9-12,16,21,27H,1,3-4,8,13-15H2,(H,26,28)/t21-/m0/s1. The largest absolute Gasteiger partial charge is 0.354 e. The van der Waals surface area contributed by atoms with Crippen LogP contribution < -0.4 is 10.0 Å². The topological polar surface area (TPSA) is 75.3 Å². The summed E-state index contributed by atoms with van der Waals surface area (Å²) in [5.74, 6) is -0.373. The Kier molecular flexibility index (Phi) is 8.55. The van der Waals surface area contributed by atoms with Gasteiger partial charge in [-0.1, -0.05) is 65.2 Å². The normalized spacial score (nSPS) is 15.2. The maximum atomic E-state index is 13.0. The number of hydrogen-bond acceptors (Lipinski definition) is 3. The Morgan fingerprint density at radius 2 is 1.84 bits per heavy atom. The van der Waals surface area contributed by atoms with Crippen LogP contribution in [0.1, 0.15) is 37.7 Å². The first-order valence-electron chi connectivity index (χ1n) is 10.3. The van der Waals surface area contributed by atoms with E-state index in [1.165, 1.54) is 36.6 Å². The van der Waals surface area contributed by atoms with Crippen LogP contribution in [-0.4, -0.2) is 26.9 Å². The highest BCUT2D eigenvalue weighted by atomic mass is 35.5. The highest BCUT2D eigenvalue weighted by Gasteiger charge is 2.27. The van der Waals surface area contributed by atoms with Gasteiger partial charge in [0.25, 0.3) is 0 Å². The second kappa shape index (κ2) is 11.1. The third kappa shape index (κ3) is 7.07. The molecule has 166 valence electrons. The fourth-order valence-electron chi connectivity index (χ4n) is 3.57. The van der Waals surface area contributed by atoms with Crippen LogP contribution in [-0.2, 0) is 21.2 Å². The van der Waals surface area contributed by atoms with Gasteiger partial charge in [0.1, 0.15) is 10.9 Å². The van der Waals surface area contributed by atoms with Crippen molar-refractivity contribution < 1.29 is 13.2 Å². The molecule has 0 unspecified atom stereocenters. The van der Waals surface area contributed by atoms with Gasteiger partial charge in [-0.25, -0.2) is 8.42 Å². The number of benzene rings is 2. The molecule has 2 N–H and O–H groups in total. The second-order valence-corrected chi connectivity index (χ2v) is 10.1. The van der Waals surface area contributed by atoms with Gasteiger partial charge in [0.2, 0.25) is 15.9 Å². The molecule has 5 nitrogen and oxygen atoms in total. The molecule has 0 saturated carbocycles. The summed E-state index contributed by atoms with van der Waals surface area (Å²) < 4.78 is 28.5. The van der Waals surface area contributed by atoms with Gasteiger partial charge in [-0.3, -0.25) is 4.79 Å². The first-order valence-corrected chi connectivity index (χ1v) is 12.6. The Labute approximate surface area is 193 Å². The van der Waals surface area contributed by atoms with Crippen LogP contribution in [0.15, 0.2) is 65.1 Å². The fraction of sp³-hybridized carbons (Fsp3) is 0.348. The van der Waals surface area contributed by atoms with Gasteiger partial charge in [-0.05, 0) is 62.3 Å². The lowest BCUT2D eigenvalue weighted by molar-refractivity contribution is -0.122. The molecular weight excluding hydrogens is 455 g/mol. The maximum absolute atomic E-state index is 13.0. The van der Waals surface area contributed by atoms with E-state index in [-0.39, 0.29) is 27.3 Å². The van der Waals surface area contributed by atoms with Crippen LogP contribution in [0.3, 0.4) is 0 Å². The van der Waals surface area contributed by atoms with E-state index < -0.39 is 16.1 Å². The first-order chi connectivity index (χ1) is 14.8. The quantitative estimate of drug-likeness (QED) is 0.501. The van der Waals surface area contributed by atoms with Gasteiger partial charge < -0.3 is 5.32 Å². The van der Waals surface area contributed by atoms with E-state index in [9.17, 15) is 13.2 Å². The summed E-state index contributed by atoms with van der Waals surface area (Å²) >= 11 is 12.0. The van der Waals surface area contributed by atoms with Gasteiger partial charge in [0.05, 0.1) is 5.02 Å². The van der Waals surface area contributed by atoms with E-state index in [4.69, 9.17) is 23.2 Å². The molecule has 0 heterocycles. The van der Waals surface area contributed by atoms with E-state index in [1.807, 2.05) is 30.3 Å². The maximum Gasteiger partial charge on any atom is 0.242 e. The predicted molar refractivity (Wildman–Crippen MR) is 125 cm³/mol. The third-order valence-corrected chi connectivity index (χ3v) is 7.40. The van der Waals surface area contributed by atoms with Crippen LogP contribution in [0.4, 0.5) is 0 Å². The number of amides is 1. The molecule has 3 rings (SSSR count). The molecule has 2 aromatic rings. The van der Waals surface area contributed by atoms with E-state index >= 15 is 0 Å². The number of carbonyl (C=O) groups is 1. The molecule has 2 aromatic carbocycles. The zero-order chi connectivity index (χ0) is 22.3. The summed E-state index contributed by atoms with van der Waals surface area (Å²) in [5.41, 5.74) is 2.19. The highest BCUT2D eigenvalue weighted by Crippen LogP contribution is 2.25. The number of allylic oxidation sites excluding steroid dienone is 1. The van der Waals surface area contributed by atoms with E-state index in [2.05, 4.69) is 16.1 Å². The van der Waals surface area contributed by atoms with Crippen LogP contribution in [0.25, 0.3) is 0 Å². The fourth-order valence-corrected chi connectivity index (χ4v) is 5.53. The lowest BCUT2D eigenvalue weighted by atomic mass is 9.97. The van der Waals surface area contributed by atoms with Crippen molar-refractivity contribution in [3.05, 3.63) is 75.8 Å². The van der Waals surface area contributed by atoms with Crippen molar-refractivity contribution in [3.63, 3.8) is 0 Å². The minimum Gasteiger partial charge on any atom is -0.354 e. The summed E-state index contributed by atoms with van der Waals surface area (Å²) in [6, 6.07) is 12.5. The summed E-state index contributed by atoms with van der Waals surface area (Å²) in [6.45, 7) is 0.468. The lowest BCUT2D eigenvalue weighted by Crippen LogP contribution is -2.48. The number of carbonyl (C=O) groups excluding carboxylic acids is 1. The smallest absolute Gasteiger partial charge is 0.242 e. The van der Waals surface area contributed by atoms with E-state index in [1.54, 1.807) is 0 Å². The number of sulfonamides is 1. The van der Waals surface area contributed by atoms with Crippen molar-refractivity contribution in [3.8, 4) is 0 Å². The Balaban J connectivity index is 1.74. The van der Waals surface area contributed by atoms with Gasteiger partial charge in [0.15, 0.2) is 0 Å². The molecule has 0 aromatic heterocycles. The van der Waals surface area contributed by atoms with Gasteiger partial charge >= 0.3 is 0 Å². The molecule has 0 saturated heterocycles.